The summed E-state index contributed by atoms with van der Waals surface area (Å²) in [7, 11) is 0. The second kappa shape index (κ2) is 7.85. The molecule has 24 heavy (non-hydrogen) atoms. The number of hydrogen-bond acceptors (Lipinski definition) is 3. The van der Waals surface area contributed by atoms with Gasteiger partial charge < -0.3 is 9.47 Å². The molecule has 3 nitrogen and oxygen atoms in total. The predicted octanol–water partition coefficient (Wildman–Crippen LogP) is 4.68. The second-order valence-corrected chi connectivity index (χ2v) is 5.17. The fraction of sp³-hybridized carbons (Fsp3) is 0.0952. The van der Waals surface area contributed by atoms with Crippen molar-refractivity contribution in [3.05, 3.63) is 84.4 Å². The third-order valence-corrected chi connectivity index (χ3v) is 3.58. The average molecular weight is 315 g/mol. The highest BCUT2D eigenvalue weighted by molar-refractivity contribution is 5.70. The van der Waals surface area contributed by atoms with E-state index in [1.165, 1.54) is 0 Å². The van der Waals surface area contributed by atoms with E-state index in [2.05, 4.69) is 18.2 Å². The van der Waals surface area contributed by atoms with Crippen molar-refractivity contribution in [3.8, 4) is 28.7 Å². The molecule has 0 spiro atoms. The molecule has 0 saturated heterocycles. The maximum Gasteiger partial charge on any atom is 0.137 e. The van der Waals surface area contributed by atoms with Crippen LogP contribution in [-0.4, -0.2) is 13.2 Å². The van der Waals surface area contributed by atoms with Crippen LogP contribution in [0.4, 0.5) is 0 Å². The topological polar surface area (TPSA) is 42.2 Å². The number of hydrogen-bond donors (Lipinski definition) is 0. The van der Waals surface area contributed by atoms with E-state index in [4.69, 9.17) is 14.7 Å². The summed E-state index contributed by atoms with van der Waals surface area (Å²) in [6, 6.07) is 27.4. The van der Waals surface area contributed by atoms with E-state index in [0.29, 0.717) is 24.5 Å². The smallest absolute Gasteiger partial charge is 0.137 e. The van der Waals surface area contributed by atoms with Crippen LogP contribution in [0.1, 0.15) is 5.56 Å². The van der Waals surface area contributed by atoms with Gasteiger partial charge in [0.25, 0.3) is 0 Å². The van der Waals surface area contributed by atoms with Crippen LogP contribution in [0, 0.1) is 11.3 Å². The summed E-state index contributed by atoms with van der Waals surface area (Å²) in [6.07, 6.45) is 0. The number of rotatable bonds is 6. The molecule has 0 aliphatic heterocycles. The zero-order chi connectivity index (χ0) is 16.6. The van der Waals surface area contributed by atoms with E-state index in [1.54, 1.807) is 12.1 Å². The maximum absolute atomic E-state index is 9.05. The molecule has 0 atom stereocenters. The van der Waals surface area contributed by atoms with E-state index in [0.717, 1.165) is 16.9 Å². The standard InChI is InChI=1S/C21H17NO2/c22-16-18-10-4-6-12-20(18)23-14-15-24-21-13-7-5-11-19(21)17-8-2-1-3-9-17/h1-13H,14-15H2. The van der Waals surface area contributed by atoms with E-state index in [1.807, 2.05) is 54.6 Å². The van der Waals surface area contributed by atoms with Crippen molar-refractivity contribution in [2.45, 2.75) is 0 Å². The highest BCUT2D eigenvalue weighted by Gasteiger charge is 2.06. The van der Waals surface area contributed by atoms with Gasteiger partial charge in [-0.25, -0.2) is 0 Å². The summed E-state index contributed by atoms with van der Waals surface area (Å²) in [4.78, 5) is 0. The van der Waals surface area contributed by atoms with Gasteiger partial charge in [0.05, 0.1) is 5.56 Å². The monoisotopic (exact) mass is 315 g/mol. The summed E-state index contributed by atoms with van der Waals surface area (Å²) in [5, 5.41) is 9.05. The molecule has 118 valence electrons. The van der Waals surface area contributed by atoms with Crippen LogP contribution in [-0.2, 0) is 0 Å². The third-order valence-electron chi connectivity index (χ3n) is 3.58. The Kier molecular flexibility index (Phi) is 5.11. The highest BCUT2D eigenvalue weighted by atomic mass is 16.5. The lowest BCUT2D eigenvalue weighted by Crippen LogP contribution is -2.10. The van der Waals surface area contributed by atoms with Crippen molar-refractivity contribution in [2.24, 2.45) is 0 Å². The minimum Gasteiger partial charge on any atom is -0.489 e. The Balaban J connectivity index is 1.63. The second-order valence-electron chi connectivity index (χ2n) is 5.17. The van der Waals surface area contributed by atoms with E-state index < -0.39 is 0 Å². The first kappa shape index (κ1) is 15.6. The molecule has 0 bridgehead atoms. The summed E-state index contributed by atoms with van der Waals surface area (Å²) in [5.41, 5.74) is 2.70. The molecule has 3 aromatic carbocycles. The maximum atomic E-state index is 9.05. The van der Waals surface area contributed by atoms with Gasteiger partial charge in [-0.15, -0.1) is 0 Å². The number of nitrogens with zero attached hydrogens (tertiary/aromatic N) is 1. The summed E-state index contributed by atoms with van der Waals surface area (Å²) < 4.78 is 11.5. The molecule has 0 aromatic heterocycles. The molecule has 0 aliphatic carbocycles. The van der Waals surface area contributed by atoms with Crippen LogP contribution < -0.4 is 9.47 Å². The van der Waals surface area contributed by atoms with Crippen molar-refractivity contribution in [3.63, 3.8) is 0 Å². The summed E-state index contributed by atoms with van der Waals surface area (Å²) in [5.74, 6) is 1.40. The first-order chi connectivity index (χ1) is 11.9. The van der Waals surface area contributed by atoms with Gasteiger partial charge in [-0.1, -0.05) is 60.7 Å². The normalized spacial score (nSPS) is 9.96. The van der Waals surface area contributed by atoms with Crippen molar-refractivity contribution in [1.82, 2.24) is 0 Å². The SMILES string of the molecule is N#Cc1ccccc1OCCOc1ccccc1-c1ccccc1. The lowest BCUT2D eigenvalue weighted by atomic mass is 10.1. The Labute approximate surface area is 141 Å². The average Bonchev–Trinajstić information content (AvgIpc) is 2.66. The van der Waals surface area contributed by atoms with Crippen molar-refractivity contribution >= 4 is 0 Å². The Bertz CT molecular complexity index is 838. The molecule has 0 heterocycles. The summed E-state index contributed by atoms with van der Waals surface area (Å²) in [6.45, 7) is 0.783. The molecule has 3 rings (SSSR count). The molecule has 0 amide bonds. The van der Waals surface area contributed by atoms with Gasteiger partial charge in [0, 0.05) is 5.56 Å². The van der Waals surface area contributed by atoms with Crippen molar-refractivity contribution < 1.29 is 9.47 Å². The molecule has 0 radical (unpaired) electrons. The zero-order valence-corrected chi connectivity index (χ0v) is 13.2. The van der Waals surface area contributed by atoms with Crippen molar-refractivity contribution in [1.29, 1.82) is 5.26 Å². The van der Waals surface area contributed by atoms with Crippen LogP contribution in [0.25, 0.3) is 11.1 Å². The van der Waals surface area contributed by atoms with Gasteiger partial charge in [0.2, 0.25) is 0 Å². The first-order valence-corrected chi connectivity index (χ1v) is 7.77. The molecule has 0 fully saturated rings. The van der Waals surface area contributed by atoms with E-state index >= 15 is 0 Å². The third kappa shape index (κ3) is 3.74. The van der Waals surface area contributed by atoms with Crippen molar-refractivity contribution in [2.75, 3.05) is 13.2 Å². The summed E-state index contributed by atoms with van der Waals surface area (Å²) >= 11 is 0. The first-order valence-electron chi connectivity index (χ1n) is 7.77. The number of ether oxygens (including phenoxy) is 2. The lowest BCUT2D eigenvalue weighted by molar-refractivity contribution is 0.217. The van der Waals surface area contributed by atoms with Gasteiger partial charge in [0.15, 0.2) is 0 Å². The number of nitriles is 1. The zero-order valence-electron chi connectivity index (χ0n) is 13.2. The van der Waals surface area contributed by atoms with Gasteiger partial charge in [0.1, 0.15) is 30.8 Å². The Hall–Kier alpha value is -3.25. The van der Waals surface area contributed by atoms with Crippen LogP contribution in [0.5, 0.6) is 11.5 Å². The van der Waals surface area contributed by atoms with Crippen LogP contribution in [0.2, 0.25) is 0 Å². The number of benzene rings is 3. The fourth-order valence-electron chi connectivity index (χ4n) is 2.44. The van der Waals surface area contributed by atoms with Crippen LogP contribution >= 0.6 is 0 Å². The molecular weight excluding hydrogens is 298 g/mol. The predicted molar refractivity (Wildman–Crippen MR) is 94.0 cm³/mol. The molecule has 0 aliphatic rings. The largest absolute Gasteiger partial charge is 0.489 e. The fourth-order valence-corrected chi connectivity index (χ4v) is 2.44. The van der Waals surface area contributed by atoms with Gasteiger partial charge in [-0.05, 0) is 23.8 Å². The quantitative estimate of drug-likeness (QED) is 0.620. The Morgan fingerprint density at radius 2 is 1.25 bits per heavy atom. The van der Waals surface area contributed by atoms with Crippen LogP contribution in [0.15, 0.2) is 78.9 Å². The Morgan fingerprint density at radius 1 is 0.667 bits per heavy atom. The van der Waals surface area contributed by atoms with Crippen LogP contribution in [0.3, 0.4) is 0 Å². The molecule has 0 unspecified atom stereocenters. The van der Waals surface area contributed by atoms with Gasteiger partial charge >= 0.3 is 0 Å². The Morgan fingerprint density at radius 3 is 2.00 bits per heavy atom. The van der Waals surface area contributed by atoms with Gasteiger partial charge in [-0.2, -0.15) is 5.26 Å². The lowest BCUT2D eigenvalue weighted by Gasteiger charge is -2.12. The molecule has 3 heteroatoms. The minimum absolute atomic E-state index is 0.377. The van der Waals surface area contributed by atoms with Gasteiger partial charge in [-0.3, -0.25) is 0 Å². The minimum atomic E-state index is 0.377. The molecule has 3 aromatic rings. The highest BCUT2D eigenvalue weighted by Crippen LogP contribution is 2.29. The van der Waals surface area contributed by atoms with E-state index in [-0.39, 0.29) is 0 Å². The van der Waals surface area contributed by atoms with E-state index in [9.17, 15) is 0 Å². The number of para-hydroxylation sites is 2. The molecule has 0 N–H and O–H groups in total. The molecule has 0 saturated carbocycles. The molecular formula is C21H17NO2.